The Morgan fingerprint density at radius 1 is 1.27 bits per heavy atom. The van der Waals surface area contributed by atoms with E-state index in [9.17, 15) is 9.90 Å². The maximum Gasteiger partial charge on any atom is 0.341 e. The number of aryl methyl sites for hydroxylation is 1. The molecule has 7 heteroatoms. The van der Waals surface area contributed by atoms with E-state index in [-0.39, 0.29) is 17.4 Å². The summed E-state index contributed by atoms with van der Waals surface area (Å²) in [6.45, 7) is 1.57. The number of aromatic nitrogens is 3. The predicted molar refractivity (Wildman–Crippen MR) is 76.7 cm³/mol. The normalized spacial score (nSPS) is 15.7. The summed E-state index contributed by atoms with van der Waals surface area (Å²) in [5, 5.41) is 12.9. The van der Waals surface area contributed by atoms with Crippen molar-refractivity contribution in [2.75, 3.05) is 0 Å². The van der Waals surface area contributed by atoms with Gasteiger partial charge in [0.2, 0.25) is 11.6 Å². The first-order valence-corrected chi connectivity index (χ1v) is 7.34. The van der Waals surface area contributed by atoms with Gasteiger partial charge in [-0.2, -0.15) is 0 Å². The predicted octanol–water partition coefficient (Wildman–Crippen LogP) is 2.85. The van der Waals surface area contributed by atoms with E-state index in [1.165, 1.54) is 31.7 Å². The molecule has 0 spiro atoms. The second-order valence-electron chi connectivity index (χ2n) is 5.40. The van der Waals surface area contributed by atoms with Crippen LogP contribution < -0.4 is 4.74 Å². The number of nitrogens with zero attached hydrogens (tertiary/aromatic N) is 3. The molecule has 0 aromatic carbocycles. The topological polar surface area (TPSA) is 98.3 Å². The van der Waals surface area contributed by atoms with Gasteiger partial charge in [-0.05, 0) is 32.6 Å². The molecular weight excluding hydrogens is 286 g/mol. The van der Waals surface area contributed by atoms with E-state index in [4.69, 9.17) is 9.26 Å². The molecule has 2 aromatic rings. The summed E-state index contributed by atoms with van der Waals surface area (Å²) in [5.74, 6) is -0.538. The number of carboxylic acid groups (broad SMARTS) is 1. The Hall–Kier alpha value is -2.44. The largest absolute Gasteiger partial charge is 0.477 e. The lowest BCUT2D eigenvalue weighted by molar-refractivity contribution is 0.0696. The van der Waals surface area contributed by atoms with E-state index in [0.29, 0.717) is 17.3 Å². The van der Waals surface area contributed by atoms with E-state index in [1.54, 1.807) is 6.92 Å². The molecule has 0 bridgehead atoms. The molecule has 0 amide bonds. The SMILES string of the molecule is Cc1noc(-c2cnc(OC3CCCCC3)cn2)c1C(=O)O. The van der Waals surface area contributed by atoms with E-state index >= 15 is 0 Å². The van der Waals surface area contributed by atoms with Gasteiger partial charge in [0.05, 0.1) is 18.1 Å². The quantitative estimate of drug-likeness (QED) is 0.927. The first-order valence-electron chi connectivity index (χ1n) is 7.34. The van der Waals surface area contributed by atoms with Crippen molar-refractivity contribution in [3.05, 3.63) is 23.7 Å². The van der Waals surface area contributed by atoms with Gasteiger partial charge in [-0.15, -0.1) is 0 Å². The first kappa shape index (κ1) is 14.5. The fourth-order valence-corrected chi connectivity index (χ4v) is 2.64. The minimum absolute atomic E-state index is 0.00949. The zero-order chi connectivity index (χ0) is 15.5. The monoisotopic (exact) mass is 303 g/mol. The molecule has 1 N–H and O–H groups in total. The van der Waals surface area contributed by atoms with Gasteiger partial charge >= 0.3 is 5.97 Å². The van der Waals surface area contributed by atoms with Crippen LogP contribution in [0.1, 0.15) is 48.2 Å². The van der Waals surface area contributed by atoms with Crippen molar-refractivity contribution in [3.63, 3.8) is 0 Å². The minimum atomic E-state index is -1.10. The number of aromatic carboxylic acids is 1. The van der Waals surface area contributed by atoms with Gasteiger partial charge in [0.15, 0.2) is 0 Å². The molecule has 1 aliphatic carbocycles. The van der Waals surface area contributed by atoms with Crippen molar-refractivity contribution in [3.8, 4) is 17.3 Å². The highest BCUT2D eigenvalue weighted by atomic mass is 16.5. The van der Waals surface area contributed by atoms with E-state index < -0.39 is 5.97 Å². The second kappa shape index (κ2) is 6.13. The lowest BCUT2D eigenvalue weighted by Crippen LogP contribution is -2.20. The van der Waals surface area contributed by atoms with Crippen LogP contribution in [0.4, 0.5) is 0 Å². The maximum atomic E-state index is 11.2. The minimum Gasteiger partial charge on any atom is -0.477 e. The number of hydrogen-bond donors (Lipinski definition) is 1. The van der Waals surface area contributed by atoms with Gasteiger partial charge in [-0.25, -0.2) is 14.8 Å². The van der Waals surface area contributed by atoms with Gasteiger partial charge < -0.3 is 14.4 Å². The Balaban J connectivity index is 1.78. The van der Waals surface area contributed by atoms with Crippen LogP contribution in [0.5, 0.6) is 5.88 Å². The van der Waals surface area contributed by atoms with Gasteiger partial charge in [0.25, 0.3) is 0 Å². The summed E-state index contributed by atoms with van der Waals surface area (Å²) in [6, 6.07) is 0. The highest BCUT2D eigenvalue weighted by Gasteiger charge is 2.22. The Morgan fingerprint density at radius 2 is 2.05 bits per heavy atom. The molecule has 0 aliphatic heterocycles. The second-order valence-corrected chi connectivity index (χ2v) is 5.40. The van der Waals surface area contributed by atoms with E-state index in [0.717, 1.165) is 12.8 Å². The van der Waals surface area contributed by atoms with Crippen molar-refractivity contribution in [1.82, 2.24) is 15.1 Å². The smallest absolute Gasteiger partial charge is 0.341 e. The molecule has 1 saturated carbocycles. The molecule has 22 heavy (non-hydrogen) atoms. The van der Waals surface area contributed by atoms with Crippen LogP contribution in [0.15, 0.2) is 16.9 Å². The van der Waals surface area contributed by atoms with E-state index in [2.05, 4.69) is 15.1 Å². The third-order valence-electron chi connectivity index (χ3n) is 3.78. The van der Waals surface area contributed by atoms with Gasteiger partial charge in [-0.3, -0.25) is 0 Å². The summed E-state index contributed by atoms with van der Waals surface area (Å²) in [7, 11) is 0. The molecule has 1 fully saturated rings. The molecule has 2 aromatic heterocycles. The Morgan fingerprint density at radius 3 is 2.68 bits per heavy atom. The van der Waals surface area contributed by atoms with Crippen LogP contribution in [0, 0.1) is 6.92 Å². The van der Waals surface area contributed by atoms with Crippen LogP contribution in [0.25, 0.3) is 11.5 Å². The van der Waals surface area contributed by atoms with Crippen molar-refractivity contribution in [2.24, 2.45) is 0 Å². The molecule has 0 saturated heterocycles. The van der Waals surface area contributed by atoms with Crippen molar-refractivity contribution < 1.29 is 19.2 Å². The number of ether oxygens (including phenoxy) is 1. The van der Waals surface area contributed by atoms with Crippen molar-refractivity contribution in [1.29, 1.82) is 0 Å². The molecule has 0 atom stereocenters. The van der Waals surface area contributed by atoms with Gasteiger partial charge in [0.1, 0.15) is 17.4 Å². The van der Waals surface area contributed by atoms with Crippen LogP contribution in [0.3, 0.4) is 0 Å². The molecular formula is C15H17N3O4. The molecule has 2 heterocycles. The lowest BCUT2D eigenvalue weighted by Gasteiger charge is -2.21. The van der Waals surface area contributed by atoms with Gasteiger partial charge in [0, 0.05) is 0 Å². The molecule has 7 nitrogen and oxygen atoms in total. The summed E-state index contributed by atoms with van der Waals surface area (Å²) >= 11 is 0. The van der Waals surface area contributed by atoms with Crippen LogP contribution >= 0.6 is 0 Å². The first-order chi connectivity index (χ1) is 10.6. The summed E-state index contributed by atoms with van der Waals surface area (Å²) in [5.41, 5.74) is 0.649. The summed E-state index contributed by atoms with van der Waals surface area (Å²) in [4.78, 5) is 19.6. The summed E-state index contributed by atoms with van der Waals surface area (Å²) < 4.78 is 10.9. The van der Waals surface area contributed by atoms with Crippen LogP contribution in [0.2, 0.25) is 0 Å². The van der Waals surface area contributed by atoms with Crippen LogP contribution in [-0.2, 0) is 0 Å². The van der Waals surface area contributed by atoms with Crippen molar-refractivity contribution in [2.45, 2.75) is 45.1 Å². The fraction of sp³-hybridized carbons (Fsp3) is 0.467. The molecule has 1 aliphatic rings. The Kier molecular flexibility index (Phi) is 4.04. The standard InChI is InChI=1S/C15H17N3O4/c1-9-13(15(19)20)14(22-18-9)11-7-17-12(8-16-11)21-10-5-3-2-4-6-10/h7-8,10H,2-6H2,1H3,(H,19,20). The molecule has 116 valence electrons. The van der Waals surface area contributed by atoms with Crippen LogP contribution in [-0.4, -0.2) is 32.3 Å². The number of carboxylic acids is 1. The Labute approximate surface area is 127 Å². The average molecular weight is 303 g/mol. The molecule has 0 unspecified atom stereocenters. The third kappa shape index (κ3) is 2.93. The zero-order valence-corrected chi connectivity index (χ0v) is 12.3. The number of hydrogen-bond acceptors (Lipinski definition) is 6. The van der Waals surface area contributed by atoms with E-state index in [1.807, 2.05) is 0 Å². The Bertz CT molecular complexity index is 660. The fourth-order valence-electron chi connectivity index (χ4n) is 2.64. The highest BCUT2D eigenvalue weighted by Crippen LogP contribution is 2.26. The summed E-state index contributed by atoms with van der Waals surface area (Å²) in [6.07, 6.45) is 8.81. The zero-order valence-electron chi connectivity index (χ0n) is 12.3. The van der Waals surface area contributed by atoms with Crippen molar-refractivity contribution >= 4 is 5.97 Å². The maximum absolute atomic E-state index is 11.2. The molecule has 3 rings (SSSR count). The number of carbonyl (C=O) groups is 1. The van der Waals surface area contributed by atoms with Gasteiger partial charge in [-0.1, -0.05) is 11.6 Å². The number of rotatable bonds is 4. The lowest BCUT2D eigenvalue weighted by atomic mass is 9.98. The average Bonchev–Trinajstić information content (AvgIpc) is 2.91. The highest BCUT2D eigenvalue weighted by molar-refractivity contribution is 5.94. The molecule has 0 radical (unpaired) electrons. The third-order valence-corrected chi connectivity index (χ3v) is 3.78.